The quantitative estimate of drug-likeness (QED) is 0.850. The highest BCUT2D eigenvalue weighted by atomic mass is 16.4. The number of H-pyrrole nitrogens is 1. The maximum Gasteiger partial charge on any atom is 0.309 e. The molecular weight excluding hydrogens is 216 g/mol. The van der Waals surface area contributed by atoms with Gasteiger partial charge in [0.2, 0.25) is 0 Å². The molecule has 4 nitrogen and oxygen atoms in total. The molecule has 4 heteroatoms. The Morgan fingerprint density at radius 2 is 2.12 bits per heavy atom. The van der Waals surface area contributed by atoms with Crippen LogP contribution in [0.2, 0.25) is 0 Å². The van der Waals surface area contributed by atoms with Crippen molar-refractivity contribution < 1.29 is 9.90 Å². The summed E-state index contributed by atoms with van der Waals surface area (Å²) in [5, 5.41) is 8.81. The molecule has 0 radical (unpaired) electrons. The Labute approximate surface area is 99.3 Å². The standard InChI is InChI=1S/C13H14N2O2/c1-8-3-4-10(5-9(8)2)13-11(6-12(16)17)14-7-15-13/h3-5,7H,6H2,1-2H3,(H,14,15)(H,16,17). The summed E-state index contributed by atoms with van der Waals surface area (Å²) in [6.45, 7) is 4.07. The van der Waals surface area contributed by atoms with Crippen molar-refractivity contribution in [2.75, 3.05) is 0 Å². The zero-order valence-electron chi connectivity index (χ0n) is 9.82. The lowest BCUT2D eigenvalue weighted by Crippen LogP contribution is -2.01. The first-order valence-corrected chi connectivity index (χ1v) is 5.39. The first kappa shape index (κ1) is 11.4. The molecule has 0 fully saturated rings. The van der Waals surface area contributed by atoms with Crippen LogP contribution >= 0.6 is 0 Å². The number of hydrogen-bond acceptors (Lipinski definition) is 2. The molecule has 0 amide bonds. The summed E-state index contributed by atoms with van der Waals surface area (Å²) in [6, 6.07) is 6.00. The predicted molar refractivity (Wildman–Crippen MR) is 64.8 cm³/mol. The Balaban J connectivity index is 2.42. The van der Waals surface area contributed by atoms with Crippen LogP contribution in [0.25, 0.3) is 11.3 Å². The molecule has 2 rings (SSSR count). The number of carboxylic acid groups (broad SMARTS) is 1. The summed E-state index contributed by atoms with van der Waals surface area (Å²) in [5.74, 6) is -0.862. The number of nitrogens with one attached hydrogen (secondary N) is 1. The second-order valence-electron chi connectivity index (χ2n) is 4.10. The van der Waals surface area contributed by atoms with Crippen molar-refractivity contribution in [3.05, 3.63) is 41.3 Å². The van der Waals surface area contributed by atoms with Crippen molar-refractivity contribution in [3.8, 4) is 11.3 Å². The van der Waals surface area contributed by atoms with Crippen LogP contribution in [0.3, 0.4) is 0 Å². The highest BCUT2D eigenvalue weighted by molar-refractivity contribution is 5.74. The minimum atomic E-state index is -0.862. The molecule has 1 aromatic carbocycles. The van der Waals surface area contributed by atoms with E-state index in [9.17, 15) is 4.79 Å². The second-order valence-corrected chi connectivity index (χ2v) is 4.10. The van der Waals surface area contributed by atoms with Crippen LogP contribution in [0.5, 0.6) is 0 Å². The minimum absolute atomic E-state index is 0.0394. The maximum absolute atomic E-state index is 10.7. The SMILES string of the molecule is Cc1ccc(-c2nc[nH]c2CC(=O)O)cc1C. The molecule has 17 heavy (non-hydrogen) atoms. The molecule has 0 saturated carbocycles. The lowest BCUT2D eigenvalue weighted by atomic mass is 10.0. The van der Waals surface area contributed by atoms with Gasteiger partial charge in [-0.25, -0.2) is 4.98 Å². The highest BCUT2D eigenvalue weighted by Gasteiger charge is 2.11. The molecule has 1 aromatic heterocycles. The van der Waals surface area contributed by atoms with Crippen molar-refractivity contribution in [2.45, 2.75) is 20.3 Å². The number of benzene rings is 1. The van der Waals surface area contributed by atoms with Gasteiger partial charge in [0.1, 0.15) is 0 Å². The van der Waals surface area contributed by atoms with E-state index in [4.69, 9.17) is 5.11 Å². The number of carbonyl (C=O) groups is 1. The molecule has 0 aliphatic rings. The number of hydrogen-bond donors (Lipinski definition) is 2. The molecule has 0 saturated heterocycles. The van der Waals surface area contributed by atoms with E-state index < -0.39 is 5.97 Å². The Kier molecular flexibility index (Phi) is 2.95. The number of carboxylic acids is 1. The molecular formula is C13H14N2O2. The van der Waals surface area contributed by atoms with Gasteiger partial charge in [0, 0.05) is 5.56 Å². The summed E-state index contributed by atoms with van der Waals surface area (Å²) < 4.78 is 0. The van der Waals surface area contributed by atoms with Gasteiger partial charge in [0.15, 0.2) is 0 Å². The minimum Gasteiger partial charge on any atom is -0.481 e. The average molecular weight is 230 g/mol. The number of rotatable bonds is 3. The molecule has 2 aromatic rings. The first-order valence-electron chi connectivity index (χ1n) is 5.39. The van der Waals surface area contributed by atoms with Gasteiger partial charge in [-0.05, 0) is 31.0 Å². The molecule has 0 unspecified atom stereocenters. The fourth-order valence-electron chi connectivity index (χ4n) is 1.74. The Bertz CT molecular complexity index is 558. The molecule has 0 bridgehead atoms. The molecule has 0 atom stereocenters. The number of nitrogens with zero attached hydrogens (tertiary/aromatic N) is 1. The fourth-order valence-corrected chi connectivity index (χ4v) is 1.74. The van der Waals surface area contributed by atoms with Crippen LogP contribution in [-0.2, 0) is 11.2 Å². The normalized spacial score (nSPS) is 10.5. The van der Waals surface area contributed by atoms with Crippen LogP contribution in [-0.4, -0.2) is 21.0 Å². The largest absolute Gasteiger partial charge is 0.481 e. The number of aliphatic carboxylic acids is 1. The molecule has 0 aliphatic heterocycles. The van der Waals surface area contributed by atoms with Crippen LogP contribution in [0.4, 0.5) is 0 Å². The van der Waals surface area contributed by atoms with E-state index in [2.05, 4.69) is 9.97 Å². The third kappa shape index (κ3) is 2.36. The number of imidazole rings is 1. The van der Waals surface area contributed by atoms with Gasteiger partial charge in [-0.1, -0.05) is 12.1 Å². The van der Waals surface area contributed by atoms with Crippen molar-refractivity contribution in [1.82, 2.24) is 9.97 Å². The third-order valence-electron chi connectivity index (χ3n) is 2.83. The van der Waals surface area contributed by atoms with Gasteiger partial charge in [-0.3, -0.25) is 4.79 Å². The molecule has 88 valence electrons. The summed E-state index contributed by atoms with van der Waals surface area (Å²) in [7, 11) is 0. The van der Waals surface area contributed by atoms with Crippen LogP contribution in [0, 0.1) is 13.8 Å². The summed E-state index contributed by atoms with van der Waals surface area (Å²) in [5.41, 5.74) is 4.69. The summed E-state index contributed by atoms with van der Waals surface area (Å²) in [6.07, 6.45) is 1.49. The van der Waals surface area contributed by atoms with Crippen LogP contribution in [0.15, 0.2) is 24.5 Å². The Hall–Kier alpha value is -2.10. The number of aryl methyl sites for hydroxylation is 2. The van der Waals surface area contributed by atoms with Gasteiger partial charge in [-0.15, -0.1) is 0 Å². The van der Waals surface area contributed by atoms with E-state index in [1.807, 2.05) is 32.0 Å². The Morgan fingerprint density at radius 1 is 1.35 bits per heavy atom. The lowest BCUT2D eigenvalue weighted by molar-refractivity contribution is -0.136. The predicted octanol–water partition coefficient (Wildman–Crippen LogP) is 2.32. The smallest absolute Gasteiger partial charge is 0.309 e. The zero-order chi connectivity index (χ0) is 12.4. The molecule has 0 spiro atoms. The van der Waals surface area contributed by atoms with E-state index in [-0.39, 0.29) is 6.42 Å². The third-order valence-corrected chi connectivity index (χ3v) is 2.83. The van der Waals surface area contributed by atoms with Crippen molar-refractivity contribution in [3.63, 3.8) is 0 Å². The van der Waals surface area contributed by atoms with Gasteiger partial charge >= 0.3 is 5.97 Å². The number of aromatic amines is 1. The highest BCUT2D eigenvalue weighted by Crippen LogP contribution is 2.23. The van der Waals surface area contributed by atoms with E-state index in [0.717, 1.165) is 11.3 Å². The molecule has 2 N–H and O–H groups in total. The fraction of sp³-hybridized carbons (Fsp3) is 0.231. The van der Waals surface area contributed by atoms with Gasteiger partial charge in [0.05, 0.1) is 24.1 Å². The second kappa shape index (κ2) is 4.41. The molecule has 0 aliphatic carbocycles. The van der Waals surface area contributed by atoms with E-state index >= 15 is 0 Å². The number of aromatic nitrogens is 2. The summed E-state index contributed by atoms with van der Waals surface area (Å²) >= 11 is 0. The van der Waals surface area contributed by atoms with E-state index in [1.165, 1.54) is 17.5 Å². The lowest BCUT2D eigenvalue weighted by Gasteiger charge is -2.04. The first-order chi connectivity index (χ1) is 8.08. The van der Waals surface area contributed by atoms with Crippen molar-refractivity contribution in [1.29, 1.82) is 0 Å². The van der Waals surface area contributed by atoms with Gasteiger partial charge in [-0.2, -0.15) is 0 Å². The monoisotopic (exact) mass is 230 g/mol. The molecule has 1 heterocycles. The van der Waals surface area contributed by atoms with E-state index in [0.29, 0.717) is 5.69 Å². The average Bonchev–Trinajstić information content (AvgIpc) is 2.69. The van der Waals surface area contributed by atoms with Crippen molar-refractivity contribution >= 4 is 5.97 Å². The van der Waals surface area contributed by atoms with E-state index in [1.54, 1.807) is 0 Å². The van der Waals surface area contributed by atoms with Crippen LogP contribution in [0.1, 0.15) is 16.8 Å². The van der Waals surface area contributed by atoms with Crippen molar-refractivity contribution in [2.24, 2.45) is 0 Å². The summed E-state index contributed by atoms with van der Waals surface area (Å²) in [4.78, 5) is 17.8. The van der Waals surface area contributed by atoms with Crippen LogP contribution < -0.4 is 0 Å². The zero-order valence-corrected chi connectivity index (χ0v) is 9.82. The maximum atomic E-state index is 10.7. The topological polar surface area (TPSA) is 66.0 Å². The Morgan fingerprint density at radius 3 is 2.76 bits per heavy atom. The van der Waals surface area contributed by atoms with Gasteiger partial charge in [0.25, 0.3) is 0 Å². The van der Waals surface area contributed by atoms with Gasteiger partial charge < -0.3 is 10.1 Å².